The Balaban J connectivity index is 2.71. The first-order valence-electron chi connectivity index (χ1n) is 5.62. The maximum absolute atomic E-state index is 13.5. The van der Waals surface area contributed by atoms with E-state index in [1.807, 2.05) is 41.6 Å². The molecule has 1 aromatic carbocycles. The van der Waals surface area contributed by atoms with E-state index in [0.717, 1.165) is 11.1 Å². The van der Waals surface area contributed by atoms with Crippen molar-refractivity contribution in [1.29, 1.82) is 0 Å². The number of halogens is 3. The van der Waals surface area contributed by atoms with Crippen molar-refractivity contribution in [3.8, 4) is 0 Å². The molecule has 0 aliphatic carbocycles. The molecule has 0 bridgehead atoms. The summed E-state index contributed by atoms with van der Waals surface area (Å²) < 4.78 is 31.0. The van der Waals surface area contributed by atoms with Gasteiger partial charge in [0.2, 0.25) is 0 Å². The largest absolute Gasteiger partial charge is 0.462 e. The van der Waals surface area contributed by atoms with Crippen LogP contribution in [0.15, 0.2) is 24.3 Å². The Morgan fingerprint density at radius 1 is 1.39 bits per heavy atom. The van der Waals surface area contributed by atoms with Crippen molar-refractivity contribution >= 4 is 28.6 Å². The maximum Gasteiger partial charge on any atom is 0.377 e. The number of ether oxygens (including phenoxy) is 1. The van der Waals surface area contributed by atoms with E-state index in [0.29, 0.717) is 0 Å². The average Bonchev–Trinajstić information content (AvgIpc) is 2.29. The van der Waals surface area contributed by atoms with Gasteiger partial charge in [0.05, 0.1) is 6.61 Å². The summed E-state index contributed by atoms with van der Waals surface area (Å²) in [7, 11) is 0. The number of hydrogen-bond acceptors (Lipinski definition) is 2. The van der Waals surface area contributed by atoms with Crippen molar-refractivity contribution in [3.05, 3.63) is 35.4 Å². The van der Waals surface area contributed by atoms with E-state index in [9.17, 15) is 13.6 Å². The lowest BCUT2D eigenvalue weighted by Gasteiger charge is -2.18. The van der Waals surface area contributed by atoms with Crippen LogP contribution in [0, 0.1) is 6.92 Å². The molecule has 0 aliphatic rings. The lowest BCUT2D eigenvalue weighted by Crippen LogP contribution is -2.31. The smallest absolute Gasteiger partial charge is 0.377 e. The third-order valence-electron chi connectivity index (χ3n) is 2.45. The van der Waals surface area contributed by atoms with Crippen molar-refractivity contribution in [3.63, 3.8) is 0 Å². The Morgan fingerprint density at radius 2 is 1.94 bits per heavy atom. The van der Waals surface area contributed by atoms with E-state index in [1.165, 1.54) is 6.92 Å². The van der Waals surface area contributed by atoms with Gasteiger partial charge in [-0.3, -0.25) is 0 Å². The standard InChI is InChI=1S/C13H15F2IO2/c1-3-18-12(17)13(14,15)8-11(16)10-6-4-9(2)5-7-10/h4-7,11H,3,8H2,1-2H3. The molecule has 1 rings (SSSR count). The number of carbonyl (C=O) groups excluding carboxylic acids is 1. The summed E-state index contributed by atoms with van der Waals surface area (Å²) in [5, 5.41) is 0. The van der Waals surface area contributed by atoms with E-state index in [-0.39, 0.29) is 6.61 Å². The number of aryl methyl sites for hydroxylation is 1. The van der Waals surface area contributed by atoms with Gasteiger partial charge >= 0.3 is 11.9 Å². The maximum atomic E-state index is 13.5. The molecule has 100 valence electrons. The van der Waals surface area contributed by atoms with Crippen LogP contribution in [0.2, 0.25) is 0 Å². The summed E-state index contributed by atoms with van der Waals surface area (Å²) in [6, 6.07) is 7.33. The minimum Gasteiger partial charge on any atom is -0.462 e. The first-order valence-corrected chi connectivity index (χ1v) is 6.87. The molecular weight excluding hydrogens is 353 g/mol. The fraction of sp³-hybridized carbons (Fsp3) is 0.462. The zero-order valence-electron chi connectivity index (χ0n) is 10.3. The third kappa shape index (κ3) is 4.19. The van der Waals surface area contributed by atoms with Gasteiger partial charge in [-0.2, -0.15) is 8.78 Å². The molecule has 0 saturated heterocycles. The number of alkyl halides is 3. The number of carbonyl (C=O) groups is 1. The van der Waals surface area contributed by atoms with Gasteiger partial charge in [0.1, 0.15) is 0 Å². The van der Waals surface area contributed by atoms with Crippen molar-refractivity contribution in [2.45, 2.75) is 30.1 Å². The second kappa shape index (κ2) is 6.45. The molecule has 1 aromatic rings. The summed E-state index contributed by atoms with van der Waals surface area (Å²) in [6.07, 6.45) is -0.546. The molecule has 0 aromatic heterocycles. The van der Waals surface area contributed by atoms with E-state index in [2.05, 4.69) is 4.74 Å². The number of hydrogen-bond donors (Lipinski definition) is 0. The highest BCUT2D eigenvalue weighted by atomic mass is 127. The number of benzene rings is 1. The molecule has 0 radical (unpaired) electrons. The SMILES string of the molecule is CCOC(=O)C(F)(F)CC(I)c1ccc(C)cc1. The molecule has 0 fully saturated rings. The zero-order valence-corrected chi connectivity index (χ0v) is 12.4. The van der Waals surface area contributed by atoms with E-state index >= 15 is 0 Å². The summed E-state index contributed by atoms with van der Waals surface area (Å²) in [5.41, 5.74) is 1.85. The van der Waals surface area contributed by atoms with Gasteiger partial charge in [-0.1, -0.05) is 52.4 Å². The molecule has 0 saturated carbocycles. The lowest BCUT2D eigenvalue weighted by molar-refractivity contribution is -0.172. The van der Waals surface area contributed by atoms with E-state index in [4.69, 9.17) is 0 Å². The van der Waals surface area contributed by atoms with Crippen LogP contribution in [0.1, 0.15) is 28.4 Å². The van der Waals surface area contributed by atoms with Crippen LogP contribution in [-0.2, 0) is 9.53 Å². The van der Waals surface area contributed by atoms with Crippen LogP contribution >= 0.6 is 22.6 Å². The van der Waals surface area contributed by atoms with Gasteiger partial charge in [-0.25, -0.2) is 4.79 Å². The third-order valence-corrected chi connectivity index (χ3v) is 3.61. The fourth-order valence-electron chi connectivity index (χ4n) is 1.44. The predicted octanol–water partition coefficient (Wildman–Crippen LogP) is 4.06. The Bertz CT molecular complexity index is 404. The lowest BCUT2D eigenvalue weighted by atomic mass is 10.0. The van der Waals surface area contributed by atoms with Crippen LogP contribution in [-0.4, -0.2) is 18.5 Å². The predicted molar refractivity (Wildman–Crippen MR) is 74.1 cm³/mol. The van der Waals surface area contributed by atoms with Crippen molar-refractivity contribution in [1.82, 2.24) is 0 Å². The second-order valence-electron chi connectivity index (χ2n) is 4.01. The highest BCUT2D eigenvalue weighted by molar-refractivity contribution is 14.1. The van der Waals surface area contributed by atoms with Crippen LogP contribution in [0.3, 0.4) is 0 Å². The molecular formula is C13H15F2IO2. The molecule has 0 N–H and O–H groups in total. The second-order valence-corrected chi connectivity index (χ2v) is 5.51. The first-order chi connectivity index (χ1) is 8.36. The zero-order chi connectivity index (χ0) is 13.8. The summed E-state index contributed by atoms with van der Waals surface area (Å²) in [4.78, 5) is 11.1. The molecule has 1 unspecified atom stereocenters. The van der Waals surface area contributed by atoms with Crippen molar-refractivity contribution in [2.75, 3.05) is 6.61 Å². The minimum atomic E-state index is -3.44. The van der Waals surface area contributed by atoms with Gasteiger partial charge in [0, 0.05) is 10.3 Å². The molecule has 0 aliphatic heterocycles. The average molecular weight is 368 g/mol. The molecule has 2 nitrogen and oxygen atoms in total. The quantitative estimate of drug-likeness (QED) is 0.445. The molecule has 0 amide bonds. The molecule has 5 heteroatoms. The Morgan fingerprint density at radius 3 is 2.44 bits per heavy atom. The van der Waals surface area contributed by atoms with Crippen LogP contribution in [0.25, 0.3) is 0 Å². The first kappa shape index (κ1) is 15.3. The van der Waals surface area contributed by atoms with Gasteiger partial charge in [0.15, 0.2) is 0 Å². The number of esters is 1. The Labute approximate surface area is 119 Å². The summed E-state index contributed by atoms with van der Waals surface area (Å²) >= 11 is 1.92. The van der Waals surface area contributed by atoms with Crippen LogP contribution < -0.4 is 0 Å². The van der Waals surface area contributed by atoms with Crippen molar-refractivity contribution < 1.29 is 18.3 Å². The van der Waals surface area contributed by atoms with Gasteiger partial charge in [-0.15, -0.1) is 0 Å². The van der Waals surface area contributed by atoms with E-state index < -0.39 is 22.2 Å². The molecule has 0 heterocycles. The fourth-order valence-corrected chi connectivity index (χ4v) is 2.41. The van der Waals surface area contributed by atoms with Gasteiger partial charge in [-0.05, 0) is 19.4 Å². The van der Waals surface area contributed by atoms with Crippen LogP contribution in [0.4, 0.5) is 8.78 Å². The topological polar surface area (TPSA) is 26.3 Å². The highest BCUT2D eigenvalue weighted by Crippen LogP contribution is 2.35. The summed E-state index contributed by atoms with van der Waals surface area (Å²) in [5.74, 6) is -4.88. The molecule has 1 atom stereocenters. The van der Waals surface area contributed by atoms with Crippen LogP contribution in [0.5, 0.6) is 0 Å². The van der Waals surface area contributed by atoms with E-state index in [1.54, 1.807) is 12.1 Å². The number of rotatable bonds is 5. The Hall–Kier alpha value is -0.720. The monoisotopic (exact) mass is 368 g/mol. The molecule has 0 spiro atoms. The molecule has 18 heavy (non-hydrogen) atoms. The van der Waals surface area contributed by atoms with Crippen molar-refractivity contribution in [2.24, 2.45) is 0 Å². The minimum absolute atomic E-state index is 0.0368. The normalized spacial score (nSPS) is 13.2. The Kier molecular flexibility index (Phi) is 5.49. The highest BCUT2D eigenvalue weighted by Gasteiger charge is 2.42. The summed E-state index contributed by atoms with van der Waals surface area (Å²) in [6.45, 7) is 3.40. The van der Waals surface area contributed by atoms with Gasteiger partial charge < -0.3 is 4.74 Å². The van der Waals surface area contributed by atoms with Gasteiger partial charge in [0.25, 0.3) is 0 Å².